The SMILES string of the molecule is CC1=C(Cn2ccc3c(C(=O)O)cccc32)CC(c2ccc(C(F)(F)F)cc2)=N1. The van der Waals surface area contributed by atoms with E-state index in [2.05, 4.69) is 4.99 Å². The van der Waals surface area contributed by atoms with Crippen LogP contribution in [0.5, 0.6) is 0 Å². The van der Waals surface area contributed by atoms with Crippen molar-refractivity contribution in [1.82, 2.24) is 4.57 Å². The van der Waals surface area contributed by atoms with Crippen LogP contribution in [-0.4, -0.2) is 21.4 Å². The lowest BCUT2D eigenvalue weighted by Crippen LogP contribution is -2.07. The molecule has 1 aromatic heterocycles. The van der Waals surface area contributed by atoms with Crippen molar-refractivity contribution < 1.29 is 23.1 Å². The minimum Gasteiger partial charge on any atom is -0.478 e. The van der Waals surface area contributed by atoms with Crippen LogP contribution in [0.15, 0.2) is 71.0 Å². The van der Waals surface area contributed by atoms with Gasteiger partial charge in [0.05, 0.1) is 16.8 Å². The first-order chi connectivity index (χ1) is 13.7. The van der Waals surface area contributed by atoms with Gasteiger partial charge in [0.2, 0.25) is 0 Å². The lowest BCUT2D eigenvalue weighted by Gasteiger charge is -2.09. The van der Waals surface area contributed by atoms with E-state index in [9.17, 15) is 23.1 Å². The van der Waals surface area contributed by atoms with E-state index in [1.165, 1.54) is 12.1 Å². The average molecular weight is 398 g/mol. The van der Waals surface area contributed by atoms with Gasteiger partial charge in [0.1, 0.15) is 0 Å². The Morgan fingerprint density at radius 3 is 2.52 bits per heavy atom. The van der Waals surface area contributed by atoms with Crippen molar-refractivity contribution in [2.75, 3.05) is 0 Å². The van der Waals surface area contributed by atoms with Gasteiger partial charge in [-0.3, -0.25) is 4.99 Å². The largest absolute Gasteiger partial charge is 0.478 e. The number of halogens is 3. The summed E-state index contributed by atoms with van der Waals surface area (Å²) in [7, 11) is 0. The van der Waals surface area contributed by atoms with Crippen LogP contribution in [0, 0.1) is 0 Å². The van der Waals surface area contributed by atoms with Crippen LogP contribution in [0.25, 0.3) is 10.9 Å². The van der Waals surface area contributed by atoms with Gasteiger partial charge in [0.25, 0.3) is 0 Å². The topological polar surface area (TPSA) is 54.6 Å². The first-order valence-corrected chi connectivity index (χ1v) is 8.99. The Bertz CT molecular complexity index is 1170. The maximum Gasteiger partial charge on any atom is 0.416 e. The molecule has 0 radical (unpaired) electrons. The first-order valence-electron chi connectivity index (χ1n) is 8.99. The van der Waals surface area contributed by atoms with Crippen LogP contribution in [0.1, 0.15) is 34.8 Å². The summed E-state index contributed by atoms with van der Waals surface area (Å²) in [4.78, 5) is 15.9. The lowest BCUT2D eigenvalue weighted by atomic mass is 10.0. The molecule has 0 aliphatic carbocycles. The molecule has 0 amide bonds. The fourth-order valence-corrected chi connectivity index (χ4v) is 3.59. The molecule has 4 nitrogen and oxygen atoms in total. The molecule has 4 rings (SSSR count). The lowest BCUT2D eigenvalue weighted by molar-refractivity contribution is -0.137. The predicted molar refractivity (Wildman–Crippen MR) is 104 cm³/mol. The second kappa shape index (κ2) is 6.92. The van der Waals surface area contributed by atoms with Crippen molar-refractivity contribution in [1.29, 1.82) is 0 Å². The third-order valence-electron chi connectivity index (χ3n) is 5.15. The molecular formula is C22H17F3N2O2. The summed E-state index contributed by atoms with van der Waals surface area (Å²) >= 11 is 0. The Morgan fingerprint density at radius 2 is 1.86 bits per heavy atom. The molecule has 0 saturated carbocycles. The van der Waals surface area contributed by atoms with E-state index in [0.29, 0.717) is 23.9 Å². The van der Waals surface area contributed by atoms with E-state index >= 15 is 0 Å². The number of hydrogen-bond donors (Lipinski definition) is 1. The second-order valence-corrected chi connectivity index (χ2v) is 6.99. The normalized spacial score (nSPS) is 14.6. The number of fused-ring (bicyclic) bond motifs is 1. The van der Waals surface area contributed by atoms with Crippen LogP contribution in [0.3, 0.4) is 0 Å². The molecule has 148 valence electrons. The first kappa shape index (κ1) is 19.0. The number of aromatic nitrogens is 1. The third-order valence-corrected chi connectivity index (χ3v) is 5.15. The summed E-state index contributed by atoms with van der Waals surface area (Å²) in [5.74, 6) is -0.975. The number of allylic oxidation sites excluding steroid dienone is 2. The zero-order valence-corrected chi connectivity index (χ0v) is 15.5. The summed E-state index contributed by atoms with van der Waals surface area (Å²) < 4.78 is 40.2. The summed E-state index contributed by atoms with van der Waals surface area (Å²) in [5, 5.41) is 10.0. The number of rotatable bonds is 4. The Balaban J connectivity index is 1.55. The molecule has 29 heavy (non-hydrogen) atoms. The quantitative estimate of drug-likeness (QED) is 0.629. The molecule has 3 aromatic rings. The molecule has 0 atom stereocenters. The van der Waals surface area contributed by atoms with Gasteiger partial charge >= 0.3 is 12.1 Å². The molecule has 2 heterocycles. The monoisotopic (exact) mass is 398 g/mol. The van der Waals surface area contributed by atoms with Crippen molar-refractivity contribution in [3.63, 3.8) is 0 Å². The molecule has 1 aliphatic rings. The van der Waals surface area contributed by atoms with Crippen LogP contribution in [0.2, 0.25) is 0 Å². The summed E-state index contributed by atoms with van der Waals surface area (Å²) in [6.45, 7) is 2.41. The fraction of sp³-hybridized carbons (Fsp3) is 0.182. The molecule has 0 bridgehead atoms. The maximum atomic E-state index is 12.8. The van der Waals surface area contributed by atoms with Crippen molar-refractivity contribution in [2.24, 2.45) is 4.99 Å². The number of carboxylic acid groups (broad SMARTS) is 1. The number of carboxylic acids is 1. The Morgan fingerprint density at radius 1 is 1.14 bits per heavy atom. The summed E-state index contributed by atoms with van der Waals surface area (Å²) in [6.07, 6.45) is -1.98. The molecule has 7 heteroatoms. The van der Waals surface area contributed by atoms with E-state index in [-0.39, 0.29) is 5.56 Å². The van der Waals surface area contributed by atoms with Crippen molar-refractivity contribution in [2.45, 2.75) is 26.1 Å². The van der Waals surface area contributed by atoms with Crippen molar-refractivity contribution >= 4 is 22.6 Å². The zero-order chi connectivity index (χ0) is 20.8. The van der Waals surface area contributed by atoms with Crippen LogP contribution < -0.4 is 0 Å². The molecule has 0 unspecified atom stereocenters. The number of aromatic carboxylic acids is 1. The van der Waals surface area contributed by atoms with Gasteiger partial charge in [-0.05, 0) is 48.4 Å². The van der Waals surface area contributed by atoms with Gasteiger partial charge in [-0.2, -0.15) is 13.2 Å². The van der Waals surface area contributed by atoms with Gasteiger partial charge in [-0.1, -0.05) is 18.2 Å². The predicted octanol–water partition coefficient (Wildman–Crippen LogP) is 5.53. The van der Waals surface area contributed by atoms with E-state index in [1.54, 1.807) is 18.2 Å². The Hall–Kier alpha value is -3.35. The minimum atomic E-state index is -4.36. The van der Waals surface area contributed by atoms with Gasteiger partial charge in [-0.15, -0.1) is 0 Å². The Kier molecular flexibility index (Phi) is 4.53. The molecule has 0 spiro atoms. The standard InChI is InChI=1S/C22H17F3N2O2/c1-13-15(11-19(26-13)14-5-7-16(8-6-14)22(23,24)25)12-27-10-9-17-18(21(28)29)3-2-4-20(17)27/h2-10H,11-12H2,1H3,(H,28,29). The highest BCUT2D eigenvalue weighted by atomic mass is 19.4. The number of hydrogen-bond acceptors (Lipinski definition) is 2. The Labute approximate surface area is 164 Å². The highest BCUT2D eigenvalue weighted by Crippen LogP contribution is 2.31. The second-order valence-electron chi connectivity index (χ2n) is 6.99. The van der Waals surface area contributed by atoms with E-state index in [0.717, 1.165) is 34.6 Å². The average Bonchev–Trinajstić information content (AvgIpc) is 3.25. The molecule has 0 saturated heterocycles. The molecular weight excluding hydrogens is 381 g/mol. The van der Waals surface area contributed by atoms with Crippen LogP contribution >= 0.6 is 0 Å². The van der Waals surface area contributed by atoms with Gasteiger partial charge in [0, 0.05) is 35.8 Å². The van der Waals surface area contributed by atoms with Crippen molar-refractivity contribution in [3.05, 3.63) is 82.7 Å². The van der Waals surface area contributed by atoms with E-state index < -0.39 is 17.7 Å². The molecule has 0 fully saturated rings. The molecule has 1 N–H and O–H groups in total. The number of aliphatic imine (C=N–C) groups is 1. The summed E-state index contributed by atoms with van der Waals surface area (Å²) in [6, 6.07) is 12.0. The highest BCUT2D eigenvalue weighted by molar-refractivity contribution is 6.04. The number of alkyl halides is 3. The van der Waals surface area contributed by atoms with Gasteiger partial charge in [-0.25, -0.2) is 4.79 Å². The van der Waals surface area contributed by atoms with Gasteiger partial charge in [0.15, 0.2) is 0 Å². The zero-order valence-electron chi connectivity index (χ0n) is 15.5. The molecule has 1 aliphatic heterocycles. The molecule has 2 aromatic carbocycles. The maximum absolute atomic E-state index is 12.8. The third kappa shape index (κ3) is 3.55. The van der Waals surface area contributed by atoms with Crippen molar-refractivity contribution in [3.8, 4) is 0 Å². The van der Waals surface area contributed by atoms with Crippen LogP contribution in [0.4, 0.5) is 13.2 Å². The summed E-state index contributed by atoms with van der Waals surface area (Å²) in [5.41, 5.74) is 3.65. The minimum absolute atomic E-state index is 0.250. The van der Waals surface area contributed by atoms with Gasteiger partial charge < -0.3 is 9.67 Å². The fourth-order valence-electron chi connectivity index (χ4n) is 3.59. The van der Waals surface area contributed by atoms with E-state index in [1.807, 2.05) is 23.8 Å². The van der Waals surface area contributed by atoms with E-state index in [4.69, 9.17) is 0 Å². The number of benzene rings is 2. The number of nitrogens with zero attached hydrogens (tertiary/aromatic N) is 2. The van der Waals surface area contributed by atoms with Crippen LogP contribution in [-0.2, 0) is 12.7 Å². The highest BCUT2D eigenvalue weighted by Gasteiger charge is 2.30. The number of carbonyl (C=O) groups is 1. The smallest absolute Gasteiger partial charge is 0.416 e.